The summed E-state index contributed by atoms with van der Waals surface area (Å²) in [4.78, 5) is 2.38. The lowest BCUT2D eigenvalue weighted by Gasteiger charge is -2.26. The lowest BCUT2D eigenvalue weighted by Crippen LogP contribution is -2.09. The summed E-state index contributed by atoms with van der Waals surface area (Å²) < 4.78 is 5.29. The number of thiophene rings is 2. The molecule has 8 aromatic carbocycles. The Balaban J connectivity index is 1.04. The molecule has 10 rings (SSSR count). The number of benzene rings is 8. The van der Waals surface area contributed by atoms with Crippen molar-refractivity contribution in [2.45, 2.75) is 0 Å². The highest BCUT2D eigenvalue weighted by Crippen LogP contribution is 2.42. The number of rotatable bonds is 6. The highest BCUT2D eigenvalue weighted by molar-refractivity contribution is 7.26. The molecule has 0 unspecified atom stereocenters. The molecule has 3 heteroatoms. The van der Waals surface area contributed by atoms with Crippen LogP contribution in [0.3, 0.4) is 0 Å². The van der Waals surface area contributed by atoms with Crippen molar-refractivity contribution >= 4 is 80.1 Å². The van der Waals surface area contributed by atoms with E-state index in [2.05, 4.69) is 193 Å². The van der Waals surface area contributed by atoms with Crippen LogP contribution < -0.4 is 4.90 Å². The average Bonchev–Trinajstić information content (AvgIpc) is 3.77. The minimum atomic E-state index is 1.12. The zero-order valence-electron chi connectivity index (χ0n) is 27.7. The molecule has 0 saturated heterocycles. The SMILES string of the molecule is c1ccc(-c2ccc(-c3ccc(N(c4ccc(-c5ccc6sc7ccccc7c6c5)cc4)c4ccc5sc6ccccc6c5c4)cc3)cc2)cc1. The molecule has 0 spiro atoms. The molecule has 10 aromatic rings. The summed E-state index contributed by atoms with van der Waals surface area (Å²) in [5.41, 5.74) is 10.7. The van der Waals surface area contributed by atoms with Crippen molar-refractivity contribution in [3.05, 3.63) is 188 Å². The largest absolute Gasteiger partial charge is 0.310 e. The Morgan fingerprint density at radius 2 is 0.627 bits per heavy atom. The highest BCUT2D eigenvalue weighted by Gasteiger charge is 2.16. The fourth-order valence-electron chi connectivity index (χ4n) is 7.30. The maximum atomic E-state index is 2.38. The van der Waals surface area contributed by atoms with Gasteiger partial charge >= 0.3 is 0 Å². The average molecular weight is 686 g/mol. The Hall–Kier alpha value is -6.00. The predicted octanol–water partition coefficient (Wildman–Crippen LogP) is 14.9. The van der Waals surface area contributed by atoms with E-state index in [4.69, 9.17) is 0 Å². The van der Waals surface area contributed by atoms with Gasteiger partial charge in [-0.25, -0.2) is 0 Å². The van der Waals surface area contributed by atoms with Gasteiger partial charge in [0.1, 0.15) is 0 Å². The summed E-state index contributed by atoms with van der Waals surface area (Å²) in [7, 11) is 0. The first-order valence-corrected chi connectivity index (χ1v) is 18.9. The van der Waals surface area contributed by atoms with Gasteiger partial charge in [0.05, 0.1) is 0 Å². The number of fused-ring (bicyclic) bond motifs is 6. The second-order valence-corrected chi connectivity index (χ2v) is 15.1. The van der Waals surface area contributed by atoms with Crippen molar-refractivity contribution in [2.75, 3.05) is 4.90 Å². The summed E-state index contributed by atoms with van der Waals surface area (Å²) in [6.07, 6.45) is 0. The molecule has 0 aliphatic carbocycles. The summed E-state index contributed by atoms with van der Waals surface area (Å²) >= 11 is 3.72. The van der Waals surface area contributed by atoms with Crippen molar-refractivity contribution < 1.29 is 0 Å². The number of hydrogen-bond acceptors (Lipinski definition) is 3. The van der Waals surface area contributed by atoms with Crippen LogP contribution in [0.25, 0.3) is 73.7 Å². The fraction of sp³-hybridized carbons (Fsp3) is 0. The number of anilines is 3. The lowest BCUT2D eigenvalue weighted by atomic mass is 10.00. The van der Waals surface area contributed by atoms with Crippen molar-refractivity contribution in [2.24, 2.45) is 0 Å². The van der Waals surface area contributed by atoms with E-state index >= 15 is 0 Å². The Bertz CT molecular complexity index is 2830. The molecule has 0 aliphatic heterocycles. The summed E-state index contributed by atoms with van der Waals surface area (Å²) in [5, 5.41) is 5.25. The fourth-order valence-corrected chi connectivity index (χ4v) is 9.47. The van der Waals surface area contributed by atoms with Crippen LogP contribution in [0.1, 0.15) is 0 Å². The Morgan fingerprint density at radius 3 is 1.20 bits per heavy atom. The Labute approximate surface area is 304 Å². The Kier molecular flexibility index (Phi) is 7.26. The van der Waals surface area contributed by atoms with Crippen LogP contribution in [-0.4, -0.2) is 0 Å². The molecule has 2 aromatic heterocycles. The van der Waals surface area contributed by atoms with E-state index in [0.29, 0.717) is 0 Å². The molecule has 0 radical (unpaired) electrons. The monoisotopic (exact) mass is 685 g/mol. The van der Waals surface area contributed by atoms with Crippen LogP contribution in [-0.2, 0) is 0 Å². The lowest BCUT2D eigenvalue weighted by molar-refractivity contribution is 1.29. The third-order valence-electron chi connectivity index (χ3n) is 9.90. The van der Waals surface area contributed by atoms with Crippen molar-refractivity contribution in [1.29, 1.82) is 0 Å². The molecular weight excluding hydrogens is 655 g/mol. The molecule has 0 fully saturated rings. The molecule has 51 heavy (non-hydrogen) atoms. The second kappa shape index (κ2) is 12.4. The molecule has 0 atom stereocenters. The number of hydrogen-bond donors (Lipinski definition) is 0. The van der Waals surface area contributed by atoms with Gasteiger partial charge in [0.2, 0.25) is 0 Å². The zero-order chi connectivity index (χ0) is 33.7. The van der Waals surface area contributed by atoms with Gasteiger partial charge in [-0.05, 0) is 100 Å². The number of nitrogens with zero attached hydrogens (tertiary/aromatic N) is 1. The summed E-state index contributed by atoms with van der Waals surface area (Å²) in [5.74, 6) is 0. The van der Waals surface area contributed by atoms with Gasteiger partial charge in [-0.3, -0.25) is 0 Å². The summed E-state index contributed by atoms with van der Waals surface area (Å²) in [6, 6.07) is 68.7. The third kappa shape index (κ3) is 5.39. The smallest absolute Gasteiger partial charge is 0.0468 e. The molecule has 0 N–H and O–H groups in total. The van der Waals surface area contributed by atoms with E-state index in [9.17, 15) is 0 Å². The molecule has 240 valence electrons. The summed E-state index contributed by atoms with van der Waals surface area (Å²) in [6.45, 7) is 0. The maximum absolute atomic E-state index is 2.38. The van der Waals surface area contributed by atoms with Crippen LogP contribution in [0.5, 0.6) is 0 Å². The standard InChI is InChI=1S/C48H31NS2/c1-2-8-32(9-3-1)33-14-16-34(17-15-33)35-18-23-38(24-19-35)49(40-27-29-48-44(31-40)42-11-5-7-13-46(42)51-48)39-25-20-36(21-26-39)37-22-28-47-43(30-37)41-10-4-6-12-45(41)50-47/h1-31H. The molecular formula is C48H31NS2. The van der Waals surface area contributed by atoms with E-state index in [1.54, 1.807) is 0 Å². The van der Waals surface area contributed by atoms with Gasteiger partial charge < -0.3 is 4.90 Å². The van der Waals surface area contributed by atoms with Crippen molar-refractivity contribution in [1.82, 2.24) is 0 Å². The minimum Gasteiger partial charge on any atom is -0.310 e. The van der Waals surface area contributed by atoms with E-state index in [-0.39, 0.29) is 0 Å². The maximum Gasteiger partial charge on any atom is 0.0468 e. The third-order valence-corrected chi connectivity index (χ3v) is 12.2. The first kappa shape index (κ1) is 29.9. The van der Waals surface area contributed by atoms with Gasteiger partial charge in [-0.1, -0.05) is 121 Å². The van der Waals surface area contributed by atoms with E-state index in [1.165, 1.54) is 73.7 Å². The second-order valence-electron chi connectivity index (χ2n) is 13.0. The normalized spacial score (nSPS) is 11.5. The molecule has 0 amide bonds. The van der Waals surface area contributed by atoms with Gasteiger partial charge in [0.25, 0.3) is 0 Å². The zero-order valence-corrected chi connectivity index (χ0v) is 29.3. The van der Waals surface area contributed by atoms with E-state index in [0.717, 1.165) is 17.1 Å². The van der Waals surface area contributed by atoms with Crippen LogP contribution in [0, 0.1) is 0 Å². The van der Waals surface area contributed by atoms with Gasteiger partial charge in [-0.15, -0.1) is 22.7 Å². The molecule has 0 saturated carbocycles. The first-order valence-electron chi connectivity index (χ1n) is 17.2. The minimum absolute atomic E-state index is 1.12. The molecule has 0 aliphatic rings. The van der Waals surface area contributed by atoms with Crippen LogP contribution >= 0.6 is 22.7 Å². The van der Waals surface area contributed by atoms with E-state index in [1.807, 2.05) is 22.7 Å². The van der Waals surface area contributed by atoms with Crippen LogP contribution in [0.15, 0.2) is 188 Å². The van der Waals surface area contributed by atoms with Crippen molar-refractivity contribution in [3.8, 4) is 33.4 Å². The van der Waals surface area contributed by atoms with Crippen LogP contribution in [0.2, 0.25) is 0 Å². The van der Waals surface area contributed by atoms with Crippen LogP contribution in [0.4, 0.5) is 17.1 Å². The Morgan fingerprint density at radius 1 is 0.255 bits per heavy atom. The molecule has 0 bridgehead atoms. The van der Waals surface area contributed by atoms with Crippen molar-refractivity contribution in [3.63, 3.8) is 0 Å². The van der Waals surface area contributed by atoms with Gasteiger partial charge in [0, 0.05) is 57.4 Å². The quantitative estimate of drug-likeness (QED) is 0.168. The van der Waals surface area contributed by atoms with Gasteiger partial charge in [-0.2, -0.15) is 0 Å². The molecule has 2 heterocycles. The van der Waals surface area contributed by atoms with Gasteiger partial charge in [0.15, 0.2) is 0 Å². The molecule has 1 nitrogen and oxygen atoms in total. The highest BCUT2D eigenvalue weighted by atomic mass is 32.1. The van der Waals surface area contributed by atoms with E-state index < -0.39 is 0 Å². The first-order chi connectivity index (χ1) is 25.2. The predicted molar refractivity (Wildman–Crippen MR) is 223 cm³/mol. The topological polar surface area (TPSA) is 3.24 Å².